The third-order valence-electron chi connectivity index (χ3n) is 4.85. The van der Waals surface area contributed by atoms with Gasteiger partial charge in [0.25, 0.3) is 0 Å². The molecule has 3 aliphatic heterocycles. The van der Waals surface area contributed by atoms with Crippen LogP contribution in [0.5, 0.6) is 0 Å². The van der Waals surface area contributed by atoms with E-state index in [2.05, 4.69) is 9.98 Å². The van der Waals surface area contributed by atoms with Crippen molar-refractivity contribution in [3.8, 4) is 0 Å². The summed E-state index contributed by atoms with van der Waals surface area (Å²) >= 11 is 0. The van der Waals surface area contributed by atoms with Crippen LogP contribution in [0.4, 0.5) is 0 Å². The van der Waals surface area contributed by atoms with Gasteiger partial charge in [0.1, 0.15) is 23.8 Å². The fourth-order valence-corrected chi connectivity index (χ4v) is 3.86. The number of aliphatic imine (C=N–C) groups is 2. The van der Waals surface area contributed by atoms with Gasteiger partial charge >= 0.3 is 0 Å². The molecule has 10 heteroatoms. The number of nitrogens with zero attached hydrogens (tertiary/aromatic N) is 4. The van der Waals surface area contributed by atoms with E-state index in [0.717, 1.165) is 5.06 Å². The van der Waals surface area contributed by atoms with Crippen molar-refractivity contribution < 1.29 is 20.2 Å². The summed E-state index contributed by atoms with van der Waals surface area (Å²) in [4.78, 5) is 9.95. The van der Waals surface area contributed by atoms with Gasteiger partial charge in [0.2, 0.25) is 5.96 Å². The molecule has 0 amide bonds. The minimum Gasteiger partial charge on any atom is -0.394 e. The molecule has 0 aromatic heterocycles. The topological polar surface area (TPSA) is 153 Å². The number of nitrogens with two attached hydrogens (primary N) is 2. The van der Waals surface area contributed by atoms with Crippen LogP contribution in [-0.2, 0) is 4.74 Å². The number of guanidine groups is 2. The molecule has 1 saturated heterocycles. The van der Waals surface area contributed by atoms with Crippen molar-refractivity contribution in [2.24, 2.45) is 21.5 Å². The molecule has 3 aliphatic rings. The summed E-state index contributed by atoms with van der Waals surface area (Å²) in [6.07, 6.45) is -0.623. The Kier molecular flexibility index (Phi) is 3.25. The molecule has 124 valence electrons. The third kappa shape index (κ3) is 1.52. The van der Waals surface area contributed by atoms with Gasteiger partial charge in [-0.05, 0) is 13.8 Å². The lowest BCUT2D eigenvalue weighted by Crippen LogP contribution is -2.76. The fraction of sp³-hybridized carbons (Fsp3) is 0.833. The Labute approximate surface area is 127 Å². The second kappa shape index (κ2) is 4.69. The minimum absolute atomic E-state index is 0.0988. The van der Waals surface area contributed by atoms with Crippen molar-refractivity contribution in [3.05, 3.63) is 0 Å². The lowest BCUT2D eigenvalue weighted by Gasteiger charge is -2.51. The third-order valence-corrected chi connectivity index (χ3v) is 4.85. The van der Waals surface area contributed by atoms with Crippen molar-refractivity contribution in [1.29, 1.82) is 0 Å². The molecular formula is C12H22N6O4. The van der Waals surface area contributed by atoms with E-state index in [1.165, 1.54) is 0 Å². The highest BCUT2D eigenvalue weighted by Crippen LogP contribution is 2.50. The molecule has 0 saturated carbocycles. The van der Waals surface area contributed by atoms with Crippen LogP contribution in [0, 0.1) is 0 Å². The fourth-order valence-electron chi connectivity index (χ4n) is 3.86. The molecule has 0 radical (unpaired) electrons. The van der Waals surface area contributed by atoms with Gasteiger partial charge in [0.15, 0.2) is 11.6 Å². The molecule has 0 aliphatic carbocycles. The summed E-state index contributed by atoms with van der Waals surface area (Å²) in [5.74, 6) is -0.0579. The Balaban J connectivity index is 2.17. The van der Waals surface area contributed by atoms with Gasteiger partial charge in [-0.2, -0.15) is 5.06 Å². The van der Waals surface area contributed by atoms with Crippen LogP contribution in [0.25, 0.3) is 0 Å². The SMILES string of the molecule is CCOC1CN2C(N)=NC(CO)C3N=C(N)N(O)C32C1(C)O. The molecule has 0 aromatic rings. The largest absolute Gasteiger partial charge is 0.394 e. The predicted molar refractivity (Wildman–Crippen MR) is 77.0 cm³/mol. The van der Waals surface area contributed by atoms with E-state index in [4.69, 9.17) is 16.2 Å². The minimum atomic E-state index is -1.54. The summed E-state index contributed by atoms with van der Waals surface area (Å²) in [6, 6.07) is -1.48. The Morgan fingerprint density at radius 1 is 1.36 bits per heavy atom. The lowest BCUT2D eigenvalue weighted by molar-refractivity contribution is -0.232. The molecule has 0 aromatic carbocycles. The molecule has 5 unspecified atom stereocenters. The van der Waals surface area contributed by atoms with Gasteiger partial charge in [-0.3, -0.25) is 5.21 Å². The summed E-state index contributed by atoms with van der Waals surface area (Å²) < 4.78 is 5.62. The maximum Gasteiger partial charge on any atom is 0.218 e. The lowest BCUT2D eigenvalue weighted by atomic mass is 9.79. The number of aliphatic hydroxyl groups is 2. The van der Waals surface area contributed by atoms with Crippen molar-refractivity contribution in [3.63, 3.8) is 0 Å². The number of hydrogen-bond acceptors (Lipinski definition) is 10. The van der Waals surface area contributed by atoms with Crippen molar-refractivity contribution in [2.45, 2.75) is 43.3 Å². The van der Waals surface area contributed by atoms with Crippen molar-refractivity contribution in [1.82, 2.24) is 9.96 Å². The van der Waals surface area contributed by atoms with E-state index < -0.39 is 29.5 Å². The maximum absolute atomic E-state index is 11.2. The average molecular weight is 314 g/mol. The smallest absolute Gasteiger partial charge is 0.218 e. The first-order valence-electron chi connectivity index (χ1n) is 7.20. The van der Waals surface area contributed by atoms with Crippen LogP contribution in [0.3, 0.4) is 0 Å². The molecule has 3 heterocycles. The molecule has 22 heavy (non-hydrogen) atoms. The molecular weight excluding hydrogens is 292 g/mol. The number of hydrogen-bond donors (Lipinski definition) is 5. The van der Waals surface area contributed by atoms with Gasteiger partial charge < -0.3 is 31.3 Å². The van der Waals surface area contributed by atoms with Gasteiger partial charge in [-0.15, -0.1) is 0 Å². The van der Waals surface area contributed by atoms with E-state index in [0.29, 0.717) is 6.61 Å². The van der Waals surface area contributed by atoms with Crippen LogP contribution < -0.4 is 11.5 Å². The zero-order valence-electron chi connectivity index (χ0n) is 12.5. The zero-order chi connectivity index (χ0) is 16.3. The van der Waals surface area contributed by atoms with Crippen molar-refractivity contribution in [2.75, 3.05) is 19.8 Å². The highest BCUT2D eigenvalue weighted by Gasteiger charge is 2.74. The Morgan fingerprint density at radius 3 is 2.64 bits per heavy atom. The second-order valence-electron chi connectivity index (χ2n) is 5.91. The number of hydroxylamine groups is 2. The molecule has 1 spiro atoms. The van der Waals surface area contributed by atoms with E-state index in [9.17, 15) is 15.4 Å². The second-order valence-corrected chi connectivity index (χ2v) is 5.91. The standard InChI is InChI=1S/C12H22N6O4/c1-3-22-7-4-17-9(13)15-6(5-19)8-12(17,11(7,2)20)18(21)10(14)16-8/h6-8,19-21H,3-5H2,1-2H3,(H2,13,15)(H2,14,16). The Bertz CT molecular complexity index is 538. The average Bonchev–Trinajstić information content (AvgIpc) is 2.87. The van der Waals surface area contributed by atoms with E-state index >= 15 is 0 Å². The number of rotatable bonds is 3. The molecule has 7 N–H and O–H groups in total. The van der Waals surface area contributed by atoms with E-state index in [1.807, 2.05) is 6.92 Å². The summed E-state index contributed by atoms with van der Waals surface area (Å²) in [5, 5.41) is 32.0. The molecule has 10 nitrogen and oxygen atoms in total. The normalized spacial score (nSPS) is 43.8. The Hall–Kier alpha value is -1.62. The van der Waals surface area contributed by atoms with Crippen LogP contribution >= 0.6 is 0 Å². The van der Waals surface area contributed by atoms with Crippen LogP contribution in [-0.4, -0.2) is 86.5 Å². The first kappa shape index (κ1) is 15.3. The monoisotopic (exact) mass is 314 g/mol. The quantitative estimate of drug-likeness (QED) is 0.375. The molecule has 3 rings (SSSR count). The highest BCUT2D eigenvalue weighted by molar-refractivity contribution is 5.86. The number of aliphatic hydroxyl groups excluding tert-OH is 1. The predicted octanol–water partition coefficient (Wildman–Crippen LogP) is -2.77. The van der Waals surface area contributed by atoms with E-state index in [1.54, 1.807) is 11.8 Å². The summed E-state index contributed by atoms with van der Waals surface area (Å²) in [7, 11) is 0. The first-order valence-corrected chi connectivity index (χ1v) is 7.20. The van der Waals surface area contributed by atoms with Gasteiger partial charge in [-0.25, -0.2) is 9.98 Å². The summed E-state index contributed by atoms with van der Waals surface area (Å²) in [6.45, 7) is 3.64. The van der Waals surface area contributed by atoms with Crippen LogP contribution in [0.2, 0.25) is 0 Å². The van der Waals surface area contributed by atoms with Gasteiger partial charge in [-0.1, -0.05) is 0 Å². The van der Waals surface area contributed by atoms with Gasteiger partial charge in [0, 0.05) is 6.61 Å². The zero-order valence-corrected chi connectivity index (χ0v) is 12.5. The first-order chi connectivity index (χ1) is 10.3. The molecule has 5 atom stereocenters. The van der Waals surface area contributed by atoms with Crippen LogP contribution in [0.15, 0.2) is 9.98 Å². The molecule has 1 fully saturated rings. The maximum atomic E-state index is 11.2. The van der Waals surface area contributed by atoms with E-state index in [-0.39, 0.29) is 25.1 Å². The van der Waals surface area contributed by atoms with Crippen LogP contribution in [0.1, 0.15) is 13.8 Å². The Morgan fingerprint density at radius 2 is 2.05 bits per heavy atom. The summed E-state index contributed by atoms with van der Waals surface area (Å²) in [5.41, 5.74) is 8.77. The number of ether oxygens (including phenoxy) is 1. The van der Waals surface area contributed by atoms with Crippen molar-refractivity contribution >= 4 is 11.9 Å². The van der Waals surface area contributed by atoms with Gasteiger partial charge in [0.05, 0.1) is 13.2 Å². The highest BCUT2D eigenvalue weighted by atomic mass is 16.5. The molecule has 0 bridgehead atoms.